The van der Waals surface area contributed by atoms with Crippen LogP contribution in [0.4, 0.5) is 26.3 Å². The second kappa shape index (κ2) is 4.29. The van der Waals surface area contributed by atoms with Gasteiger partial charge in [0, 0.05) is 0 Å². The first-order chi connectivity index (χ1) is 7.50. The van der Waals surface area contributed by atoms with Crippen molar-refractivity contribution in [3.05, 3.63) is 28.3 Å². The van der Waals surface area contributed by atoms with Crippen LogP contribution < -0.4 is 4.74 Å². The molecule has 17 heavy (non-hydrogen) atoms. The molecule has 1 nitrogen and oxygen atoms in total. The van der Waals surface area contributed by atoms with Gasteiger partial charge < -0.3 is 4.74 Å². The molecule has 1 aromatic rings. The standard InChI is InChI=1S/C9H5ClF6O/c1-4-2-5(8(11,12)13)7(6(10)3-4)17-9(14,15)16/h2-3H,1H3. The summed E-state index contributed by atoms with van der Waals surface area (Å²) in [6, 6.07) is 1.49. The van der Waals surface area contributed by atoms with Crippen LogP contribution in [0, 0.1) is 6.92 Å². The Morgan fingerprint density at radius 2 is 1.59 bits per heavy atom. The maximum Gasteiger partial charge on any atom is 0.573 e. The molecule has 0 aliphatic rings. The molecule has 1 rings (SSSR count). The maximum absolute atomic E-state index is 12.5. The fourth-order valence-corrected chi connectivity index (χ4v) is 1.47. The van der Waals surface area contributed by atoms with Gasteiger partial charge in [-0.2, -0.15) is 13.2 Å². The monoisotopic (exact) mass is 278 g/mol. The lowest BCUT2D eigenvalue weighted by atomic mass is 10.1. The van der Waals surface area contributed by atoms with Crippen molar-refractivity contribution >= 4 is 11.6 Å². The highest BCUT2D eigenvalue weighted by Crippen LogP contribution is 2.43. The molecule has 0 saturated heterocycles. The molecule has 0 bridgehead atoms. The summed E-state index contributed by atoms with van der Waals surface area (Å²) in [7, 11) is 0. The maximum atomic E-state index is 12.5. The molecule has 0 spiro atoms. The topological polar surface area (TPSA) is 9.23 Å². The van der Waals surface area contributed by atoms with E-state index in [2.05, 4.69) is 4.74 Å². The van der Waals surface area contributed by atoms with Crippen LogP contribution in [0.15, 0.2) is 12.1 Å². The molecule has 0 amide bonds. The molecular formula is C9H5ClF6O. The van der Waals surface area contributed by atoms with Crippen LogP contribution in [0.1, 0.15) is 11.1 Å². The summed E-state index contributed by atoms with van der Waals surface area (Å²) >= 11 is 5.32. The lowest BCUT2D eigenvalue weighted by Crippen LogP contribution is -2.20. The number of benzene rings is 1. The molecule has 0 aromatic heterocycles. The highest BCUT2D eigenvalue weighted by molar-refractivity contribution is 6.32. The van der Waals surface area contributed by atoms with Crippen molar-refractivity contribution in [3.8, 4) is 5.75 Å². The van der Waals surface area contributed by atoms with E-state index in [1.54, 1.807) is 0 Å². The number of hydrogen-bond donors (Lipinski definition) is 0. The Morgan fingerprint density at radius 3 is 2.00 bits per heavy atom. The predicted octanol–water partition coefficient (Wildman–Crippen LogP) is 4.57. The second-order valence-electron chi connectivity index (χ2n) is 3.17. The number of hydrogen-bond acceptors (Lipinski definition) is 1. The van der Waals surface area contributed by atoms with E-state index in [9.17, 15) is 26.3 Å². The van der Waals surface area contributed by atoms with E-state index in [-0.39, 0.29) is 5.56 Å². The molecule has 0 saturated carbocycles. The molecule has 8 heteroatoms. The molecular weight excluding hydrogens is 274 g/mol. The number of aryl methyl sites for hydroxylation is 1. The number of ether oxygens (including phenoxy) is 1. The first-order valence-electron chi connectivity index (χ1n) is 4.14. The Morgan fingerprint density at radius 1 is 1.06 bits per heavy atom. The molecule has 1 aromatic carbocycles. The van der Waals surface area contributed by atoms with Gasteiger partial charge in [-0.05, 0) is 24.6 Å². The quantitative estimate of drug-likeness (QED) is 0.684. The summed E-state index contributed by atoms with van der Waals surface area (Å²) in [6.07, 6.45) is -10.2. The van der Waals surface area contributed by atoms with Crippen molar-refractivity contribution in [2.75, 3.05) is 0 Å². The van der Waals surface area contributed by atoms with Crippen molar-refractivity contribution in [2.45, 2.75) is 19.5 Å². The van der Waals surface area contributed by atoms with Crippen LogP contribution in [0.3, 0.4) is 0 Å². The van der Waals surface area contributed by atoms with Crippen molar-refractivity contribution in [1.82, 2.24) is 0 Å². The average molecular weight is 279 g/mol. The lowest BCUT2D eigenvalue weighted by Gasteiger charge is -2.17. The van der Waals surface area contributed by atoms with Crippen LogP contribution in [0.25, 0.3) is 0 Å². The summed E-state index contributed by atoms with van der Waals surface area (Å²) in [6.45, 7) is 1.28. The van der Waals surface area contributed by atoms with Gasteiger partial charge in [0.1, 0.15) is 0 Å². The molecule has 96 valence electrons. The molecule has 0 aliphatic carbocycles. The summed E-state index contributed by atoms with van der Waals surface area (Å²) in [5.41, 5.74) is -1.48. The van der Waals surface area contributed by atoms with Gasteiger partial charge in [0.25, 0.3) is 0 Å². The summed E-state index contributed by atoms with van der Waals surface area (Å²) < 4.78 is 76.6. The van der Waals surface area contributed by atoms with E-state index in [1.165, 1.54) is 6.92 Å². The van der Waals surface area contributed by atoms with Gasteiger partial charge in [0.15, 0.2) is 5.75 Å². The van der Waals surface area contributed by atoms with Gasteiger partial charge in [-0.25, -0.2) is 0 Å². The smallest absolute Gasteiger partial charge is 0.404 e. The van der Waals surface area contributed by atoms with E-state index < -0.39 is 28.9 Å². The predicted molar refractivity (Wildman–Crippen MR) is 47.9 cm³/mol. The molecule has 0 atom stereocenters. The molecule has 0 radical (unpaired) electrons. The third-order valence-electron chi connectivity index (χ3n) is 1.71. The Hall–Kier alpha value is -1.11. The minimum Gasteiger partial charge on any atom is -0.404 e. The number of rotatable bonds is 1. The average Bonchev–Trinajstić information content (AvgIpc) is 2.05. The van der Waals surface area contributed by atoms with Crippen molar-refractivity contribution in [3.63, 3.8) is 0 Å². The highest BCUT2D eigenvalue weighted by atomic mass is 35.5. The van der Waals surface area contributed by atoms with Gasteiger partial charge in [-0.3, -0.25) is 0 Å². The molecule has 0 N–H and O–H groups in total. The van der Waals surface area contributed by atoms with Crippen molar-refractivity contribution in [2.24, 2.45) is 0 Å². The zero-order valence-corrected chi connectivity index (χ0v) is 8.96. The van der Waals surface area contributed by atoms with Crippen molar-refractivity contribution < 1.29 is 31.1 Å². The second-order valence-corrected chi connectivity index (χ2v) is 3.58. The molecule has 0 fully saturated rings. The minimum atomic E-state index is -5.24. The van der Waals surface area contributed by atoms with Gasteiger partial charge in [0.05, 0.1) is 10.6 Å². The first-order valence-corrected chi connectivity index (χ1v) is 4.51. The first kappa shape index (κ1) is 14.0. The largest absolute Gasteiger partial charge is 0.573 e. The fourth-order valence-electron chi connectivity index (χ4n) is 1.16. The van der Waals surface area contributed by atoms with Gasteiger partial charge in [-0.15, -0.1) is 13.2 Å². The third kappa shape index (κ3) is 3.69. The van der Waals surface area contributed by atoms with E-state index in [1.807, 2.05) is 0 Å². The minimum absolute atomic E-state index is 0.0804. The van der Waals surface area contributed by atoms with Gasteiger partial charge in [0.2, 0.25) is 0 Å². The van der Waals surface area contributed by atoms with E-state index in [0.29, 0.717) is 6.07 Å². The Labute approximate surface area is 96.9 Å². The Kier molecular flexibility index (Phi) is 3.52. The van der Waals surface area contributed by atoms with Crippen LogP contribution in [0.2, 0.25) is 5.02 Å². The van der Waals surface area contributed by atoms with Crippen LogP contribution in [-0.4, -0.2) is 6.36 Å². The molecule has 0 aliphatic heterocycles. The fraction of sp³-hybridized carbons (Fsp3) is 0.333. The van der Waals surface area contributed by atoms with Crippen molar-refractivity contribution in [1.29, 1.82) is 0 Å². The summed E-state index contributed by atoms with van der Waals surface area (Å²) in [5.74, 6) is -1.43. The van der Waals surface area contributed by atoms with Crippen LogP contribution in [-0.2, 0) is 6.18 Å². The summed E-state index contributed by atoms with van der Waals surface area (Å²) in [4.78, 5) is 0. The Bertz CT molecular complexity index is 423. The summed E-state index contributed by atoms with van der Waals surface area (Å²) in [5, 5.41) is -0.741. The van der Waals surface area contributed by atoms with E-state index in [4.69, 9.17) is 11.6 Å². The normalized spacial score (nSPS) is 12.7. The molecule has 0 heterocycles. The van der Waals surface area contributed by atoms with E-state index >= 15 is 0 Å². The van der Waals surface area contributed by atoms with E-state index in [0.717, 1.165) is 6.07 Å². The lowest BCUT2D eigenvalue weighted by molar-refractivity contribution is -0.276. The van der Waals surface area contributed by atoms with Gasteiger partial charge in [-0.1, -0.05) is 11.6 Å². The van der Waals surface area contributed by atoms with Gasteiger partial charge >= 0.3 is 12.5 Å². The number of halogens is 7. The van der Waals surface area contributed by atoms with Crippen LogP contribution >= 0.6 is 11.6 Å². The zero-order chi connectivity index (χ0) is 13.4. The van der Waals surface area contributed by atoms with Crippen LogP contribution in [0.5, 0.6) is 5.75 Å². The Balaban J connectivity index is 3.36. The third-order valence-corrected chi connectivity index (χ3v) is 1.99. The SMILES string of the molecule is Cc1cc(Cl)c(OC(F)(F)F)c(C(F)(F)F)c1. The highest BCUT2D eigenvalue weighted by Gasteiger charge is 2.40. The zero-order valence-electron chi connectivity index (χ0n) is 8.21. The number of alkyl halides is 6. The molecule has 0 unspecified atom stereocenters.